The molecule has 7 heteroatoms. The van der Waals surface area contributed by atoms with Crippen LogP contribution in [0, 0.1) is 0 Å². The highest BCUT2D eigenvalue weighted by Crippen LogP contribution is 2.03. The summed E-state index contributed by atoms with van der Waals surface area (Å²) in [5.41, 5.74) is 7.87. The van der Waals surface area contributed by atoms with Gasteiger partial charge in [-0.15, -0.1) is 0 Å². The van der Waals surface area contributed by atoms with E-state index in [1.165, 1.54) is 64.2 Å². The number of hydrogen-bond acceptors (Lipinski definition) is 4. The third kappa shape index (κ3) is 61.4. The maximum atomic E-state index is 8.52. The van der Waals surface area contributed by atoms with E-state index in [1.807, 2.05) is 0 Å². The standard InChI is InChI=1S/2C8H19N.H2O4S/c2*1-3-4-5-6-7-8(2)9;1-5(2,3)4/h2*8H,3-7,9H2,1-2H3;(H2,1,2,3,4). The third-order valence-corrected chi connectivity index (χ3v) is 3.10. The van der Waals surface area contributed by atoms with Gasteiger partial charge in [-0.2, -0.15) is 0 Å². The van der Waals surface area contributed by atoms with Gasteiger partial charge < -0.3 is 20.6 Å². The van der Waals surface area contributed by atoms with Crippen LogP contribution in [-0.2, 0) is 10.4 Å². The molecule has 6 N–H and O–H groups in total. The Morgan fingerprint density at radius 2 is 1.00 bits per heavy atom. The second-order valence-electron chi connectivity index (χ2n) is 6.32. The number of unbranched alkanes of at least 4 members (excludes halogenated alkanes) is 6. The molecule has 2 unspecified atom stereocenters. The Balaban J connectivity index is -0.000000273. The summed E-state index contributed by atoms with van der Waals surface area (Å²) in [6, 6.07) is 1.31. The molecule has 0 aliphatic rings. The third-order valence-electron chi connectivity index (χ3n) is 3.10. The van der Waals surface area contributed by atoms with Crippen molar-refractivity contribution in [2.24, 2.45) is 0 Å². The molecule has 6 nitrogen and oxygen atoms in total. The highest BCUT2D eigenvalue weighted by Gasteiger charge is 1.95. The van der Waals surface area contributed by atoms with Crippen LogP contribution in [0.25, 0.3) is 0 Å². The van der Waals surface area contributed by atoms with Crippen molar-refractivity contribution in [1.82, 2.24) is 0 Å². The van der Waals surface area contributed by atoms with Gasteiger partial charge in [0.05, 0.1) is 12.1 Å². The fourth-order valence-corrected chi connectivity index (χ4v) is 1.84. The van der Waals surface area contributed by atoms with E-state index in [4.69, 9.17) is 17.5 Å². The van der Waals surface area contributed by atoms with Crippen molar-refractivity contribution >= 4 is 10.4 Å². The Hall–Kier alpha value is -0.210. The van der Waals surface area contributed by atoms with E-state index in [1.54, 1.807) is 0 Å². The summed E-state index contributed by atoms with van der Waals surface area (Å²) >= 11 is 0. The van der Waals surface area contributed by atoms with Gasteiger partial charge in [0.1, 0.15) is 0 Å². The van der Waals surface area contributed by atoms with Crippen molar-refractivity contribution in [3.8, 4) is 0 Å². The van der Waals surface area contributed by atoms with Crippen LogP contribution in [0.4, 0.5) is 0 Å². The largest absolute Gasteiger partial charge is 0.759 e. The van der Waals surface area contributed by atoms with Crippen molar-refractivity contribution < 1.29 is 29.0 Å². The molecule has 0 saturated heterocycles. The summed E-state index contributed by atoms with van der Waals surface area (Å²) in [5, 5.41) is 0. The molecule has 0 aromatic heterocycles. The van der Waals surface area contributed by atoms with Crippen LogP contribution in [0.5, 0.6) is 0 Å². The highest BCUT2D eigenvalue weighted by atomic mass is 32.3. The first kappa shape index (κ1) is 27.6. The zero-order valence-electron chi connectivity index (χ0n) is 15.7. The molecule has 0 spiro atoms. The molecule has 0 aliphatic carbocycles. The monoisotopic (exact) mass is 356 g/mol. The Bertz CT molecular complexity index is 283. The van der Waals surface area contributed by atoms with Gasteiger partial charge in [0.15, 0.2) is 0 Å². The van der Waals surface area contributed by atoms with Gasteiger partial charge in [-0.3, -0.25) is 8.42 Å². The Kier molecular flexibility index (Phi) is 23.8. The molecule has 0 rings (SSSR count). The fraction of sp³-hybridized carbons (Fsp3) is 1.00. The van der Waals surface area contributed by atoms with Crippen LogP contribution >= 0.6 is 0 Å². The maximum absolute atomic E-state index is 8.52. The first-order chi connectivity index (χ1) is 10.5. The maximum Gasteiger partial charge on any atom is 0.0815 e. The van der Waals surface area contributed by atoms with Crippen molar-refractivity contribution in [1.29, 1.82) is 0 Å². The van der Waals surface area contributed by atoms with E-state index in [0.717, 1.165) is 0 Å². The summed E-state index contributed by atoms with van der Waals surface area (Å²) in [4.78, 5) is 0. The quantitative estimate of drug-likeness (QED) is 0.350. The number of rotatable bonds is 10. The van der Waals surface area contributed by atoms with Crippen molar-refractivity contribution in [2.45, 2.75) is 104 Å². The predicted molar refractivity (Wildman–Crippen MR) is 92.7 cm³/mol. The second kappa shape index (κ2) is 19.8. The smallest absolute Gasteiger partial charge is 0.0815 e. The van der Waals surface area contributed by atoms with Gasteiger partial charge in [-0.05, 0) is 39.5 Å². The molecule has 0 radical (unpaired) electrons. The summed E-state index contributed by atoms with van der Waals surface area (Å²) < 4.78 is 34.1. The summed E-state index contributed by atoms with van der Waals surface area (Å²) in [6.45, 7) is 8.86. The molecular weight excluding hydrogens is 316 g/mol. The van der Waals surface area contributed by atoms with Gasteiger partial charge in [0.2, 0.25) is 0 Å². The summed E-state index contributed by atoms with van der Waals surface area (Å²) in [7, 11) is -5.17. The topological polar surface area (TPSA) is 136 Å². The minimum Gasteiger partial charge on any atom is -0.759 e. The van der Waals surface area contributed by atoms with Gasteiger partial charge >= 0.3 is 0 Å². The van der Waals surface area contributed by atoms with Crippen molar-refractivity contribution in [2.75, 3.05) is 0 Å². The van der Waals surface area contributed by atoms with Crippen LogP contribution < -0.4 is 11.5 Å². The van der Waals surface area contributed by atoms with E-state index in [2.05, 4.69) is 39.2 Å². The first-order valence-electron chi connectivity index (χ1n) is 8.87. The lowest BCUT2D eigenvalue weighted by Crippen LogP contribution is -2.58. The molecule has 23 heavy (non-hydrogen) atoms. The Morgan fingerprint density at radius 1 is 0.739 bits per heavy atom. The van der Waals surface area contributed by atoms with Crippen LogP contribution in [0.1, 0.15) is 91.9 Å². The normalized spacial score (nSPS) is 13.2. The fourth-order valence-electron chi connectivity index (χ4n) is 1.84. The molecule has 0 bridgehead atoms. The average molecular weight is 357 g/mol. The van der Waals surface area contributed by atoms with Crippen molar-refractivity contribution in [3.05, 3.63) is 0 Å². The zero-order valence-corrected chi connectivity index (χ0v) is 16.5. The van der Waals surface area contributed by atoms with E-state index < -0.39 is 10.4 Å². The lowest BCUT2D eigenvalue weighted by Gasteiger charge is -2.06. The van der Waals surface area contributed by atoms with E-state index >= 15 is 0 Å². The van der Waals surface area contributed by atoms with Crippen molar-refractivity contribution in [3.63, 3.8) is 0 Å². The van der Waals surface area contributed by atoms with Gasteiger partial charge in [0.25, 0.3) is 0 Å². The van der Waals surface area contributed by atoms with E-state index in [0.29, 0.717) is 12.1 Å². The van der Waals surface area contributed by atoms with Crippen LogP contribution in [0.15, 0.2) is 0 Å². The molecule has 0 aromatic carbocycles. The van der Waals surface area contributed by atoms with E-state index in [-0.39, 0.29) is 0 Å². The molecule has 0 amide bonds. The summed E-state index contributed by atoms with van der Waals surface area (Å²) in [6.07, 6.45) is 13.6. The first-order valence-corrected chi connectivity index (χ1v) is 10.2. The molecule has 144 valence electrons. The SMILES string of the molecule is CCCCCCC(C)[NH3+].CCCCCCC(C)[NH3+].O=S(=O)([O-])[O-]. The molecule has 0 heterocycles. The van der Waals surface area contributed by atoms with Gasteiger partial charge in [0, 0.05) is 10.4 Å². The Morgan fingerprint density at radius 3 is 1.17 bits per heavy atom. The molecule has 0 aliphatic heterocycles. The zero-order chi connectivity index (χ0) is 18.7. The highest BCUT2D eigenvalue weighted by molar-refractivity contribution is 7.79. The van der Waals surface area contributed by atoms with Gasteiger partial charge in [-0.25, -0.2) is 0 Å². The molecule has 0 saturated carbocycles. The minimum absolute atomic E-state index is 0.654. The minimum atomic E-state index is -5.17. The lowest BCUT2D eigenvalue weighted by molar-refractivity contribution is -0.416. The van der Waals surface area contributed by atoms with Crippen LogP contribution in [0.2, 0.25) is 0 Å². The Labute approximate surface area is 144 Å². The molecular formula is C16H40N2O4S. The van der Waals surface area contributed by atoms with Gasteiger partial charge in [-0.1, -0.05) is 52.4 Å². The molecule has 0 aromatic rings. The number of quaternary nitrogens is 2. The predicted octanol–water partition coefficient (Wildman–Crippen LogP) is 1.84. The molecule has 0 fully saturated rings. The number of hydrogen-bond donors (Lipinski definition) is 2. The molecule has 2 atom stereocenters. The van der Waals surface area contributed by atoms with Crippen LogP contribution in [0.3, 0.4) is 0 Å². The second-order valence-corrected chi connectivity index (χ2v) is 7.13. The van der Waals surface area contributed by atoms with E-state index in [9.17, 15) is 0 Å². The van der Waals surface area contributed by atoms with Crippen LogP contribution in [-0.4, -0.2) is 29.6 Å². The summed E-state index contributed by atoms with van der Waals surface area (Å²) in [5.74, 6) is 0. The lowest BCUT2D eigenvalue weighted by atomic mass is 10.1. The average Bonchev–Trinajstić information content (AvgIpc) is 2.38.